The fourth-order valence-corrected chi connectivity index (χ4v) is 1.81. The minimum Gasteiger partial charge on any atom is -0.496 e. The van der Waals surface area contributed by atoms with E-state index in [1.807, 2.05) is 49.4 Å². The highest BCUT2D eigenvalue weighted by molar-refractivity contribution is 5.37. The maximum Gasteiger partial charge on any atom is 0.124 e. The van der Waals surface area contributed by atoms with Gasteiger partial charge in [0.05, 0.1) is 13.7 Å². The molecule has 0 unspecified atom stereocenters. The van der Waals surface area contributed by atoms with Crippen LogP contribution in [0.2, 0.25) is 0 Å². The molecule has 0 aliphatic heterocycles. The lowest BCUT2D eigenvalue weighted by Crippen LogP contribution is -1.98. The Morgan fingerprint density at radius 3 is 2.42 bits per heavy atom. The van der Waals surface area contributed by atoms with Gasteiger partial charge in [-0.3, -0.25) is 0 Å². The van der Waals surface area contributed by atoms with Gasteiger partial charge in [-0.2, -0.15) is 0 Å². The van der Waals surface area contributed by atoms with Crippen LogP contribution in [0.15, 0.2) is 42.5 Å². The summed E-state index contributed by atoms with van der Waals surface area (Å²) in [5.74, 6) is 1.53. The van der Waals surface area contributed by atoms with Gasteiger partial charge >= 0.3 is 0 Å². The maximum absolute atomic E-state index is 9.16. The largest absolute Gasteiger partial charge is 0.496 e. The topological polar surface area (TPSA) is 38.7 Å². The molecule has 0 heterocycles. The van der Waals surface area contributed by atoms with Gasteiger partial charge in [0.1, 0.15) is 18.1 Å². The van der Waals surface area contributed by atoms with Crippen molar-refractivity contribution in [2.45, 2.75) is 20.1 Å². The Kier molecular flexibility index (Phi) is 4.42. The smallest absolute Gasteiger partial charge is 0.124 e. The van der Waals surface area contributed by atoms with Crippen molar-refractivity contribution >= 4 is 0 Å². The van der Waals surface area contributed by atoms with Crippen LogP contribution < -0.4 is 9.47 Å². The Balaban J connectivity index is 2.05. The van der Waals surface area contributed by atoms with Crippen molar-refractivity contribution in [2.24, 2.45) is 0 Å². The summed E-state index contributed by atoms with van der Waals surface area (Å²) in [6.45, 7) is 2.50. The number of hydrogen-bond donors (Lipinski definition) is 1. The van der Waals surface area contributed by atoms with Gasteiger partial charge in [-0.15, -0.1) is 0 Å². The zero-order valence-corrected chi connectivity index (χ0v) is 11.2. The van der Waals surface area contributed by atoms with Crippen molar-refractivity contribution in [3.63, 3.8) is 0 Å². The minimum atomic E-state index is -0.0255. The van der Waals surface area contributed by atoms with Crippen LogP contribution in [0.5, 0.6) is 11.5 Å². The Morgan fingerprint density at radius 2 is 1.79 bits per heavy atom. The highest BCUT2D eigenvalue weighted by Gasteiger charge is 2.04. The van der Waals surface area contributed by atoms with Crippen molar-refractivity contribution in [2.75, 3.05) is 7.11 Å². The summed E-state index contributed by atoms with van der Waals surface area (Å²) in [4.78, 5) is 0. The molecule has 0 saturated carbocycles. The number of methoxy groups -OCH3 is 1. The summed E-state index contributed by atoms with van der Waals surface area (Å²) in [6.07, 6.45) is 0. The standard InChI is InChI=1S/C16H18O3/c1-12-3-7-15(8-4-12)19-11-13-5-6-14(10-17)16(9-13)18-2/h3-9,17H,10-11H2,1-2H3. The predicted molar refractivity (Wildman–Crippen MR) is 74.4 cm³/mol. The zero-order valence-electron chi connectivity index (χ0n) is 11.2. The van der Waals surface area contributed by atoms with Crippen molar-refractivity contribution in [1.29, 1.82) is 0 Å². The molecule has 0 atom stereocenters. The molecule has 0 bridgehead atoms. The highest BCUT2D eigenvalue weighted by atomic mass is 16.5. The molecule has 1 N–H and O–H groups in total. The first-order valence-electron chi connectivity index (χ1n) is 6.19. The fourth-order valence-electron chi connectivity index (χ4n) is 1.81. The summed E-state index contributed by atoms with van der Waals surface area (Å²) < 4.78 is 10.9. The highest BCUT2D eigenvalue weighted by Crippen LogP contribution is 2.21. The molecule has 2 rings (SSSR count). The molecule has 19 heavy (non-hydrogen) atoms. The number of aliphatic hydroxyl groups is 1. The zero-order chi connectivity index (χ0) is 13.7. The molecule has 0 saturated heterocycles. The van der Waals surface area contributed by atoms with E-state index in [1.165, 1.54) is 5.56 Å². The fraction of sp³-hybridized carbons (Fsp3) is 0.250. The van der Waals surface area contributed by atoms with E-state index in [4.69, 9.17) is 14.6 Å². The summed E-state index contributed by atoms with van der Waals surface area (Å²) >= 11 is 0. The third-order valence-electron chi connectivity index (χ3n) is 2.95. The first-order valence-corrected chi connectivity index (χ1v) is 6.19. The quantitative estimate of drug-likeness (QED) is 0.895. The molecule has 0 aliphatic carbocycles. The normalized spacial score (nSPS) is 10.3. The monoisotopic (exact) mass is 258 g/mol. The van der Waals surface area contributed by atoms with Gasteiger partial charge in [0, 0.05) is 5.56 Å². The second-order valence-corrected chi connectivity index (χ2v) is 4.41. The van der Waals surface area contributed by atoms with Crippen LogP contribution >= 0.6 is 0 Å². The van der Waals surface area contributed by atoms with E-state index < -0.39 is 0 Å². The molecule has 0 aromatic heterocycles. The van der Waals surface area contributed by atoms with E-state index in [9.17, 15) is 0 Å². The summed E-state index contributed by atoms with van der Waals surface area (Å²) in [7, 11) is 1.60. The molecule has 0 radical (unpaired) electrons. The molecule has 3 nitrogen and oxygen atoms in total. The van der Waals surface area contributed by atoms with Crippen LogP contribution in [-0.2, 0) is 13.2 Å². The van der Waals surface area contributed by atoms with Gasteiger partial charge < -0.3 is 14.6 Å². The first-order chi connectivity index (χ1) is 9.22. The van der Waals surface area contributed by atoms with E-state index in [1.54, 1.807) is 7.11 Å². The van der Waals surface area contributed by atoms with Crippen molar-refractivity contribution in [1.82, 2.24) is 0 Å². The molecule has 3 heteroatoms. The first kappa shape index (κ1) is 13.4. The van der Waals surface area contributed by atoms with Gasteiger partial charge in [0.2, 0.25) is 0 Å². The van der Waals surface area contributed by atoms with E-state index in [2.05, 4.69) is 0 Å². The number of aryl methyl sites for hydroxylation is 1. The lowest BCUT2D eigenvalue weighted by atomic mass is 10.1. The third-order valence-corrected chi connectivity index (χ3v) is 2.95. The summed E-state index contributed by atoms with van der Waals surface area (Å²) in [6, 6.07) is 13.6. The number of aliphatic hydroxyl groups excluding tert-OH is 1. The molecule has 0 aliphatic rings. The molecule has 0 spiro atoms. The van der Waals surface area contributed by atoms with Gasteiger partial charge in [-0.05, 0) is 30.7 Å². The number of rotatable bonds is 5. The predicted octanol–water partition coefficient (Wildman–Crippen LogP) is 3.07. The number of hydrogen-bond acceptors (Lipinski definition) is 3. The SMILES string of the molecule is COc1cc(COc2ccc(C)cc2)ccc1CO. The van der Waals surface area contributed by atoms with Crippen molar-refractivity contribution < 1.29 is 14.6 Å². The van der Waals surface area contributed by atoms with Crippen LogP contribution in [0.25, 0.3) is 0 Å². The Hall–Kier alpha value is -2.00. The molecular formula is C16H18O3. The van der Waals surface area contributed by atoms with E-state index in [0.717, 1.165) is 16.9 Å². The Morgan fingerprint density at radius 1 is 1.05 bits per heavy atom. The average molecular weight is 258 g/mol. The third kappa shape index (κ3) is 3.48. The summed E-state index contributed by atoms with van der Waals surface area (Å²) in [5.41, 5.74) is 3.00. The van der Waals surface area contributed by atoms with Crippen LogP contribution in [0.3, 0.4) is 0 Å². The summed E-state index contributed by atoms with van der Waals surface area (Å²) in [5, 5.41) is 9.16. The van der Waals surface area contributed by atoms with E-state index >= 15 is 0 Å². The van der Waals surface area contributed by atoms with Gasteiger partial charge in [-0.25, -0.2) is 0 Å². The minimum absolute atomic E-state index is 0.0255. The van der Waals surface area contributed by atoms with Crippen molar-refractivity contribution in [3.8, 4) is 11.5 Å². The lowest BCUT2D eigenvalue weighted by Gasteiger charge is -2.10. The maximum atomic E-state index is 9.16. The number of ether oxygens (including phenoxy) is 2. The average Bonchev–Trinajstić information content (AvgIpc) is 2.46. The molecule has 100 valence electrons. The second kappa shape index (κ2) is 6.25. The molecule has 0 fully saturated rings. The Bertz CT molecular complexity index is 532. The van der Waals surface area contributed by atoms with E-state index in [-0.39, 0.29) is 6.61 Å². The molecule has 2 aromatic rings. The van der Waals surface area contributed by atoms with Gasteiger partial charge in [0.25, 0.3) is 0 Å². The molecular weight excluding hydrogens is 240 g/mol. The molecule has 0 amide bonds. The van der Waals surface area contributed by atoms with Crippen LogP contribution in [0.1, 0.15) is 16.7 Å². The Labute approximate surface area is 113 Å². The molecule has 2 aromatic carbocycles. The van der Waals surface area contributed by atoms with E-state index in [0.29, 0.717) is 12.4 Å². The van der Waals surface area contributed by atoms with Crippen LogP contribution in [-0.4, -0.2) is 12.2 Å². The number of benzene rings is 2. The van der Waals surface area contributed by atoms with Crippen LogP contribution in [0, 0.1) is 6.92 Å². The lowest BCUT2D eigenvalue weighted by molar-refractivity contribution is 0.273. The second-order valence-electron chi connectivity index (χ2n) is 4.41. The van der Waals surface area contributed by atoms with Gasteiger partial charge in [-0.1, -0.05) is 29.8 Å². The van der Waals surface area contributed by atoms with Crippen LogP contribution in [0.4, 0.5) is 0 Å². The van der Waals surface area contributed by atoms with Crippen molar-refractivity contribution in [3.05, 3.63) is 59.2 Å². The van der Waals surface area contributed by atoms with Gasteiger partial charge in [0.15, 0.2) is 0 Å².